The van der Waals surface area contributed by atoms with Crippen LogP contribution in [-0.4, -0.2) is 40.8 Å². The number of piperidine rings is 1. The lowest BCUT2D eigenvalue weighted by molar-refractivity contribution is -0.144. The molecule has 3 rings (SSSR count). The molecule has 0 bridgehead atoms. The Balaban J connectivity index is 1.73. The number of carbonyl (C=O) groups excluding carboxylic acids is 1. The van der Waals surface area contributed by atoms with Crippen molar-refractivity contribution in [3.63, 3.8) is 0 Å². The van der Waals surface area contributed by atoms with Crippen LogP contribution in [0.25, 0.3) is 0 Å². The minimum atomic E-state index is -0.533. The van der Waals surface area contributed by atoms with E-state index in [1.807, 2.05) is 59.2 Å². The smallest absolute Gasteiger partial charge is 0.256 e. The van der Waals surface area contributed by atoms with Crippen molar-refractivity contribution in [3.8, 4) is 0 Å². The molecule has 5 heteroatoms. The van der Waals surface area contributed by atoms with E-state index in [4.69, 9.17) is 4.74 Å². The van der Waals surface area contributed by atoms with Gasteiger partial charge in [-0.3, -0.25) is 9.48 Å². The molecule has 0 aliphatic carbocycles. The van der Waals surface area contributed by atoms with Gasteiger partial charge in [0.05, 0.1) is 12.2 Å². The minimum absolute atomic E-state index is 0.0345. The molecule has 0 spiro atoms. The number of methoxy groups -OCH3 is 1. The molecule has 1 amide bonds. The van der Waals surface area contributed by atoms with Crippen LogP contribution in [0.15, 0.2) is 42.7 Å². The molecular weight excluding hydrogens is 290 g/mol. The van der Waals surface area contributed by atoms with Crippen LogP contribution in [-0.2, 0) is 9.53 Å². The molecule has 1 aliphatic rings. The number of ether oxygens (including phenoxy) is 1. The lowest BCUT2D eigenvalue weighted by atomic mass is 10.0. The fraction of sp³-hybridized carbons (Fsp3) is 0.444. The molecule has 5 nitrogen and oxygen atoms in total. The van der Waals surface area contributed by atoms with Gasteiger partial charge in [0.1, 0.15) is 0 Å². The van der Waals surface area contributed by atoms with Crippen LogP contribution in [0.2, 0.25) is 0 Å². The second-order valence-corrected chi connectivity index (χ2v) is 6.10. The zero-order valence-corrected chi connectivity index (χ0v) is 13.7. The van der Waals surface area contributed by atoms with Gasteiger partial charge in [0.15, 0.2) is 6.10 Å². The predicted molar refractivity (Wildman–Crippen MR) is 88.0 cm³/mol. The van der Waals surface area contributed by atoms with Gasteiger partial charge < -0.3 is 9.64 Å². The third kappa shape index (κ3) is 3.45. The van der Waals surface area contributed by atoms with Crippen molar-refractivity contribution in [2.75, 3.05) is 20.2 Å². The van der Waals surface area contributed by atoms with E-state index in [2.05, 4.69) is 5.10 Å². The maximum Gasteiger partial charge on any atom is 0.256 e. The van der Waals surface area contributed by atoms with Crippen molar-refractivity contribution in [1.82, 2.24) is 14.7 Å². The first-order chi connectivity index (χ1) is 11.2. The van der Waals surface area contributed by atoms with Gasteiger partial charge in [0.25, 0.3) is 5.91 Å². The topological polar surface area (TPSA) is 47.4 Å². The summed E-state index contributed by atoms with van der Waals surface area (Å²) in [4.78, 5) is 14.8. The van der Waals surface area contributed by atoms with Gasteiger partial charge in [-0.05, 0) is 30.9 Å². The molecule has 23 heavy (non-hydrogen) atoms. The SMILES string of the molecule is CO[C@@H](C(=O)N1CCC[C@H](n2cc(C)cn2)C1)c1ccccc1. The van der Waals surface area contributed by atoms with Gasteiger partial charge in [0.2, 0.25) is 0 Å². The molecule has 0 saturated carbocycles. The van der Waals surface area contributed by atoms with E-state index in [1.54, 1.807) is 7.11 Å². The molecule has 2 atom stereocenters. The summed E-state index contributed by atoms with van der Waals surface area (Å²) >= 11 is 0. The standard InChI is InChI=1S/C18H23N3O2/c1-14-11-19-21(12-14)16-9-6-10-20(13-16)18(22)17(23-2)15-7-4-3-5-8-15/h3-5,7-8,11-12,16-17H,6,9-10,13H2,1-2H3/t16-,17+/m0/s1. The van der Waals surface area contributed by atoms with E-state index >= 15 is 0 Å². The van der Waals surface area contributed by atoms with E-state index in [0.29, 0.717) is 6.54 Å². The molecule has 2 aromatic rings. The molecule has 1 saturated heterocycles. The summed E-state index contributed by atoms with van der Waals surface area (Å²) < 4.78 is 7.47. The number of aryl methyl sites for hydroxylation is 1. The van der Waals surface area contributed by atoms with Crippen molar-refractivity contribution < 1.29 is 9.53 Å². The first-order valence-electron chi connectivity index (χ1n) is 8.06. The van der Waals surface area contributed by atoms with Crippen molar-refractivity contribution in [2.24, 2.45) is 0 Å². The Kier molecular flexibility index (Phi) is 4.76. The van der Waals surface area contributed by atoms with Crippen molar-refractivity contribution in [2.45, 2.75) is 31.9 Å². The highest BCUT2D eigenvalue weighted by Crippen LogP contribution is 2.26. The van der Waals surface area contributed by atoms with Crippen LogP contribution in [0.1, 0.15) is 36.1 Å². The normalized spacial score (nSPS) is 19.6. The van der Waals surface area contributed by atoms with Crippen molar-refractivity contribution in [1.29, 1.82) is 0 Å². The number of benzene rings is 1. The maximum atomic E-state index is 12.9. The second-order valence-electron chi connectivity index (χ2n) is 6.10. The lowest BCUT2D eigenvalue weighted by Gasteiger charge is -2.34. The maximum absolute atomic E-state index is 12.9. The summed E-state index contributed by atoms with van der Waals surface area (Å²) in [5, 5.41) is 4.40. The van der Waals surface area contributed by atoms with E-state index < -0.39 is 6.10 Å². The van der Waals surface area contributed by atoms with E-state index in [-0.39, 0.29) is 11.9 Å². The largest absolute Gasteiger partial charge is 0.367 e. The number of hydrogen-bond donors (Lipinski definition) is 0. The Morgan fingerprint density at radius 3 is 2.78 bits per heavy atom. The molecule has 2 heterocycles. The van der Waals surface area contributed by atoms with Gasteiger partial charge in [-0.25, -0.2) is 0 Å². The molecule has 1 fully saturated rings. The zero-order chi connectivity index (χ0) is 16.2. The quantitative estimate of drug-likeness (QED) is 0.872. The number of aromatic nitrogens is 2. The van der Waals surface area contributed by atoms with Crippen LogP contribution < -0.4 is 0 Å². The van der Waals surface area contributed by atoms with Gasteiger partial charge >= 0.3 is 0 Å². The number of hydrogen-bond acceptors (Lipinski definition) is 3. The van der Waals surface area contributed by atoms with Crippen LogP contribution in [0.5, 0.6) is 0 Å². The molecular formula is C18H23N3O2. The number of likely N-dealkylation sites (tertiary alicyclic amines) is 1. The Labute approximate surface area is 136 Å². The zero-order valence-electron chi connectivity index (χ0n) is 13.7. The van der Waals surface area contributed by atoms with Crippen LogP contribution in [0, 0.1) is 6.92 Å². The highest BCUT2D eigenvalue weighted by atomic mass is 16.5. The third-order valence-electron chi connectivity index (χ3n) is 4.38. The van der Waals surface area contributed by atoms with Crippen molar-refractivity contribution >= 4 is 5.91 Å². The Hall–Kier alpha value is -2.14. The molecule has 1 aromatic heterocycles. The average Bonchev–Trinajstić information content (AvgIpc) is 3.03. The fourth-order valence-corrected chi connectivity index (χ4v) is 3.18. The number of rotatable bonds is 4. The molecule has 1 aliphatic heterocycles. The molecule has 122 valence electrons. The van der Waals surface area contributed by atoms with Crippen LogP contribution in [0.4, 0.5) is 0 Å². The van der Waals surface area contributed by atoms with Gasteiger partial charge in [-0.15, -0.1) is 0 Å². The summed E-state index contributed by atoms with van der Waals surface area (Å²) in [5.41, 5.74) is 2.05. The van der Waals surface area contributed by atoms with Gasteiger partial charge in [-0.2, -0.15) is 5.10 Å². The number of carbonyl (C=O) groups is 1. The van der Waals surface area contributed by atoms with E-state index in [0.717, 1.165) is 30.5 Å². The summed E-state index contributed by atoms with van der Waals surface area (Å²) in [6.07, 6.45) is 5.41. The summed E-state index contributed by atoms with van der Waals surface area (Å²) in [7, 11) is 1.59. The number of amides is 1. The minimum Gasteiger partial charge on any atom is -0.367 e. The second kappa shape index (κ2) is 6.96. The van der Waals surface area contributed by atoms with E-state index in [1.165, 1.54) is 0 Å². The molecule has 0 unspecified atom stereocenters. The Bertz CT molecular complexity index is 653. The van der Waals surface area contributed by atoms with Gasteiger partial charge in [-0.1, -0.05) is 30.3 Å². The van der Waals surface area contributed by atoms with Gasteiger partial charge in [0, 0.05) is 26.4 Å². The lowest BCUT2D eigenvalue weighted by Crippen LogP contribution is -2.43. The van der Waals surface area contributed by atoms with Crippen LogP contribution >= 0.6 is 0 Å². The van der Waals surface area contributed by atoms with Crippen molar-refractivity contribution in [3.05, 3.63) is 53.9 Å². The summed E-state index contributed by atoms with van der Waals surface area (Å²) in [6.45, 7) is 3.50. The Morgan fingerprint density at radius 1 is 1.35 bits per heavy atom. The molecule has 1 aromatic carbocycles. The monoisotopic (exact) mass is 313 g/mol. The Morgan fingerprint density at radius 2 is 2.13 bits per heavy atom. The summed E-state index contributed by atoms with van der Waals surface area (Å²) in [5.74, 6) is 0.0345. The number of nitrogens with zero attached hydrogens (tertiary/aromatic N) is 3. The molecule has 0 radical (unpaired) electrons. The highest BCUT2D eigenvalue weighted by molar-refractivity contribution is 5.82. The fourth-order valence-electron chi connectivity index (χ4n) is 3.18. The first kappa shape index (κ1) is 15.7. The van der Waals surface area contributed by atoms with Crippen LogP contribution in [0.3, 0.4) is 0 Å². The third-order valence-corrected chi connectivity index (χ3v) is 4.38. The highest BCUT2D eigenvalue weighted by Gasteiger charge is 2.30. The molecule has 0 N–H and O–H groups in total. The summed E-state index contributed by atoms with van der Waals surface area (Å²) in [6, 6.07) is 9.92. The first-order valence-corrected chi connectivity index (χ1v) is 8.06. The average molecular weight is 313 g/mol. The predicted octanol–water partition coefficient (Wildman–Crippen LogP) is 2.74. The van der Waals surface area contributed by atoms with E-state index in [9.17, 15) is 4.79 Å².